The van der Waals surface area contributed by atoms with Crippen LogP contribution in [-0.2, 0) is 0 Å². The molecule has 0 saturated heterocycles. The van der Waals surface area contributed by atoms with Crippen LogP contribution >= 0.6 is 11.3 Å². The summed E-state index contributed by atoms with van der Waals surface area (Å²) in [4.78, 5) is 11.5. The second-order valence-electron chi connectivity index (χ2n) is 4.83. The predicted octanol–water partition coefficient (Wildman–Crippen LogP) is 3.25. The lowest BCUT2D eigenvalue weighted by atomic mass is 10.3. The Balaban J connectivity index is 1.95. The molecule has 96 valence electrons. The first-order chi connectivity index (χ1) is 8.76. The van der Waals surface area contributed by atoms with Crippen LogP contribution in [0.15, 0.2) is 6.07 Å². The largest absolute Gasteiger partial charge is 0.369 e. The Morgan fingerprint density at radius 2 is 2.17 bits per heavy atom. The van der Waals surface area contributed by atoms with Gasteiger partial charge in [-0.2, -0.15) is 4.98 Å². The molecule has 2 heterocycles. The zero-order chi connectivity index (χ0) is 12.5. The molecule has 5 heteroatoms. The van der Waals surface area contributed by atoms with Crippen LogP contribution in [0, 0.1) is 12.8 Å². The summed E-state index contributed by atoms with van der Waals surface area (Å²) in [5.74, 6) is 2.55. The molecule has 2 N–H and O–H groups in total. The zero-order valence-electron chi connectivity index (χ0n) is 10.8. The van der Waals surface area contributed by atoms with Gasteiger partial charge in [0.05, 0.1) is 5.39 Å². The van der Waals surface area contributed by atoms with Crippen LogP contribution in [0.1, 0.15) is 24.6 Å². The minimum Gasteiger partial charge on any atom is -0.369 e. The number of aromatic nitrogens is 2. The van der Waals surface area contributed by atoms with Gasteiger partial charge in [-0.05, 0) is 38.7 Å². The van der Waals surface area contributed by atoms with Gasteiger partial charge in [0.25, 0.3) is 0 Å². The van der Waals surface area contributed by atoms with E-state index in [1.165, 1.54) is 17.7 Å². The second-order valence-corrected chi connectivity index (χ2v) is 6.06. The van der Waals surface area contributed by atoms with E-state index in [9.17, 15) is 0 Å². The van der Waals surface area contributed by atoms with Crippen molar-refractivity contribution in [1.29, 1.82) is 0 Å². The van der Waals surface area contributed by atoms with Gasteiger partial charge in [0, 0.05) is 18.0 Å². The lowest BCUT2D eigenvalue weighted by Crippen LogP contribution is -2.08. The van der Waals surface area contributed by atoms with Crippen molar-refractivity contribution in [3.8, 4) is 0 Å². The maximum atomic E-state index is 4.58. The Kier molecular flexibility index (Phi) is 3.07. The summed E-state index contributed by atoms with van der Waals surface area (Å²) in [5.41, 5.74) is 0. The van der Waals surface area contributed by atoms with Crippen LogP contribution in [0.2, 0.25) is 0 Å². The van der Waals surface area contributed by atoms with E-state index in [1.54, 1.807) is 11.3 Å². The molecule has 1 aliphatic carbocycles. The summed E-state index contributed by atoms with van der Waals surface area (Å²) in [7, 11) is 0. The molecule has 0 bridgehead atoms. The van der Waals surface area contributed by atoms with E-state index >= 15 is 0 Å². The van der Waals surface area contributed by atoms with Crippen molar-refractivity contribution >= 4 is 33.3 Å². The van der Waals surface area contributed by atoms with Gasteiger partial charge in [0.2, 0.25) is 5.95 Å². The van der Waals surface area contributed by atoms with Crippen LogP contribution in [0.25, 0.3) is 10.2 Å². The van der Waals surface area contributed by atoms with Gasteiger partial charge >= 0.3 is 0 Å². The molecule has 0 aliphatic heterocycles. The molecule has 0 amide bonds. The average Bonchev–Trinajstić information content (AvgIpc) is 3.08. The number of aryl methyl sites for hydroxylation is 1. The normalized spacial score (nSPS) is 15.0. The van der Waals surface area contributed by atoms with E-state index in [0.717, 1.165) is 41.0 Å². The first-order valence-corrected chi connectivity index (χ1v) is 7.34. The molecule has 0 unspecified atom stereocenters. The van der Waals surface area contributed by atoms with E-state index in [2.05, 4.69) is 40.5 Å². The number of hydrogen-bond acceptors (Lipinski definition) is 5. The molecule has 3 rings (SSSR count). The molecule has 1 saturated carbocycles. The molecule has 0 spiro atoms. The maximum absolute atomic E-state index is 4.58. The van der Waals surface area contributed by atoms with Gasteiger partial charge in [-0.15, -0.1) is 11.3 Å². The Labute approximate surface area is 111 Å². The predicted molar refractivity (Wildman–Crippen MR) is 77.5 cm³/mol. The minimum absolute atomic E-state index is 0.727. The summed E-state index contributed by atoms with van der Waals surface area (Å²) >= 11 is 1.73. The van der Waals surface area contributed by atoms with Crippen molar-refractivity contribution in [1.82, 2.24) is 9.97 Å². The summed E-state index contributed by atoms with van der Waals surface area (Å²) < 4.78 is 0. The molecule has 1 aliphatic rings. The van der Waals surface area contributed by atoms with Crippen molar-refractivity contribution in [2.45, 2.75) is 26.7 Å². The minimum atomic E-state index is 0.727. The summed E-state index contributed by atoms with van der Waals surface area (Å²) in [6.07, 6.45) is 2.70. The molecule has 18 heavy (non-hydrogen) atoms. The maximum Gasteiger partial charge on any atom is 0.226 e. The van der Waals surface area contributed by atoms with Gasteiger partial charge in [-0.3, -0.25) is 0 Å². The molecule has 2 aromatic rings. The Morgan fingerprint density at radius 3 is 2.89 bits per heavy atom. The lowest BCUT2D eigenvalue weighted by molar-refractivity contribution is 0.884. The molecule has 1 fully saturated rings. The molecule has 2 aromatic heterocycles. The van der Waals surface area contributed by atoms with Crippen LogP contribution in [-0.4, -0.2) is 23.1 Å². The standard InChI is InChI=1S/C13H18N4S/c1-3-14-13-16-11(15-7-9-4-5-9)10-6-8(2)18-12(10)17-13/h6,9H,3-5,7H2,1-2H3,(H2,14,15,16,17). The van der Waals surface area contributed by atoms with E-state index in [4.69, 9.17) is 0 Å². The number of anilines is 2. The second kappa shape index (κ2) is 4.72. The topological polar surface area (TPSA) is 49.8 Å². The smallest absolute Gasteiger partial charge is 0.226 e. The Bertz CT molecular complexity index is 559. The third-order valence-electron chi connectivity index (χ3n) is 3.11. The summed E-state index contributed by atoms with van der Waals surface area (Å²) in [6.45, 7) is 6.05. The van der Waals surface area contributed by atoms with Crippen molar-refractivity contribution in [2.75, 3.05) is 23.7 Å². The highest BCUT2D eigenvalue weighted by atomic mass is 32.1. The highest BCUT2D eigenvalue weighted by Gasteiger charge is 2.21. The summed E-state index contributed by atoms with van der Waals surface area (Å²) in [6, 6.07) is 2.17. The SMILES string of the molecule is CCNc1nc(NCC2CC2)c2cc(C)sc2n1. The average molecular weight is 262 g/mol. The third-order valence-corrected chi connectivity index (χ3v) is 4.05. The van der Waals surface area contributed by atoms with E-state index in [0.29, 0.717) is 0 Å². The molecule has 4 nitrogen and oxygen atoms in total. The van der Waals surface area contributed by atoms with Gasteiger partial charge in [0.15, 0.2) is 0 Å². The first kappa shape index (κ1) is 11.7. The van der Waals surface area contributed by atoms with E-state index in [-0.39, 0.29) is 0 Å². The highest BCUT2D eigenvalue weighted by molar-refractivity contribution is 7.18. The number of fused-ring (bicyclic) bond motifs is 1. The lowest BCUT2D eigenvalue weighted by Gasteiger charge is -2.08. The van der Waals surface area contributed by atoms with Gasteiger partial charge in [0.1, 0.15) is 10.6 Å². The fraction of sp³-hybridized carbons (Fsp3) is 0.538. The molecular formula is C13H18N4S. The molecule has 0 atom stereocenters. The Morgan fingerprint density at radius 1 is 1.33 bits per heavy atom. The third kappa shape index (κ3) is 2.41. The van der Waals surface area contributed by atoms with E-state index in [1.807, 2.05) is 0 Å². The van der Waals surface area contributed by atoms with Crippen molar-refractivity contribution in [3.63, 3.8) is 0 Å². The summed E-state index contributed by atoms with van der Waals surface area (Å²) in [5, 5.41) is 7.83. The van der Waals surface area contributed by atoms with Crippen LogP contribution in [0.4, 0.5) is 11.8 Å². The first-order valence-electron chi connectivity index (χ1n) is 6.52. The van der Waals surface area contributed by atoms with Gasteiger partial charge < -0.3 is 10.6 Å². The monoisotopic (exact) mass is 262 g/mol. The number of nitrogens with zero attached hydrogens (tertiary/aromatic N) is 2. The zero-order valence-corrected chi connectivity index (χ0v) is 11.6. The molecular weight excluding hydrogens is 244 g/mol. The fourth-order valence-electron chi connectivity index (χ4n) is 1.98. The van der Waals surface area contributed by atoms with Gasteiger partial charge in [-0.1, -0.05) is 0 Å². The van der Waals surface area contributed by atoms with E-state index < -0.39 is 0 Å². The van der Waals surface area contributed by atoms with Gasteiger partial charge in [-0.25, -0.2) is 4.98 Å². The molecule has 0 radical (unpaired) electrons. The Hall–Kier alpha value is -1.36. The fourth-order valence-corrected chi connectivity index (χ4v) is 2.86. The van der Waals surface area contributed by atoms with Crippen LogP contribution in [0.3, 0.4) is 0 Å². The van der Waals surface area contributed by atoms with Crippen molar-refractivity contribution in [3.05, 3.63) is 10.9 Å². The number of hydrogen-bond donors (Lipinski definition) is 2. The highest BCUT2D eigenvalue weighted by Crippen LogP contribution is 2.32. The van der Waals surface area contributed by atoms with Crippen molar-refractivity contribution < 1.29 is 0 Å². The van der Waals surface area contributed by atoms with Crippen LogP contribution < -0.4 is 10.6 Å². The molecule has 0 aromatic carbocycles. The quantitative estimate of drug-likeness (QED) is 0.868. The number of rotatable bonds is 5. The number of nitrogens with one attached hydrogen (secondary N) is 2. The van der Waals surface area contributed by atoms with Crippen LogP contribution in [0.5, 0.6) is 0 Å². The number of thiophene rings is 1. The van der Waals surface area contributed by atoms with Crippen molar-refractivity contribution in [2.24, 2.45) is 5.92 Å².